The third kappa shape index (κ3) is 5.33. The molecule has 0 radical (unpaired) electrons. The first-order valence-electron chi connectivity index (χ1n) is 4.11. The Morgan fingerprint density at radius 1 is 1.50 bits per heavy atom. The quantitative estimate of drug-likeness (QED) is 0.485. The third-order valence-corrected chi connectivity index (χ3v) is 1.39. The number of amides is 2. The van der Waals surface area contributed by atoms with Crippen LogP contribution in [0.25, 0.3) is 0 Å². The lowest BCUT2D eigenvalue weighted by molar-refractivity contribution is -0.144. The Kier molecular flexibility index (Phi) is 6.42. The number of hydrogen-bond acceptors (Lipinski definition) is 4. The second-order valence-corrected chi connectivity index (χ2v) is 2.39. The average Bonchev–Trinajstić information content (AvgIpc) is 2.13. The fraction of sp³-hybridized carbons (Fsp3) is 0.714. The van der Waals surface area contributed by atoms with Gasteiger partial charge in [-0.05, 0) is 6.92 Å². The molecule has 3 N–H and O–H groups in total. The molecule has 0 bridgehead atoms. The van der Waals surface area contributed by atoms with Gasteiger partial charge in [-0.1, -0.05) is 0 Å². The molecule has 7 nitrogen and oxygen atoms in total. The first-order valence-corrected chi connectivity index (χ1v) is 4.11. The maximum atomic E-state index is 11.1. The molecule has 0 saturated heterocycles. The van der Waals surface area contributed by atoms with Gasteiger partial charge >= 0.3 is 12.0 Å². The van der Waals surface area contributed by atoms with Crippen LogP contribution in [0, 0.1) is 0 Å². The Hall–Kier alpha value is -1.34. The first kappa shape index (κ1) is 12.7. The number of carbonyl (C=O) groups is 2. The highest BCUT2D eigenvalue weighted by atomic mass is 16.7. The average molecular weight is 206 g/mol. The summed E-state index contributed by atoms with van der Waals surface area (Å²) >= 11 is 0. The molecule has 0 aromatic carbocycles. The van der Waals surface area contributed by atoms with E-state index in [9.17, 15) is 9.59 Å². The minimum atomic E-state index is -1.17. The lowest BCUT2D eigenvalue weighted by Crippen LogP contribution is -2.41. The molecule has 0 fully saturated rings. The van der Waals surface area contributed by atoms with Crippen molar-refractivity contribution in [2.24, 2.45) is 0 Å². The number of nitrogens with one attached hydrogen (secondary N) is 1. The molecule has 14 heavy (non-hydrogen) atoms. The Morgan fingerprint density at radius 2 is 2.14 bits per heavy atom. The Morgan fingerprint density at radius 3 is 2.57 bits per heavy atom. The Bertz CT molecular complexity index is 197. The smallest absolute Gasteiger partial charge is 0.341 e. The number of carboxylic acid groups (broad SMARTS) is 1. The minimum absolute atomic E-state index is 0.153. The van der Waals surface area contributed by atoms with Crippen LogP contribution in [-0.2, 0) is 9.63 Å². The number of aliphatic hydroxyl groups excluding tert-OH is 1. The van der Waals surface area contributed by atoms with E-state index in [2.05, 4.69) is 4.84 Å². The van der Waals surface area contributed by atoms with Gasteiger partial charge in [0.15, 0.2) is 6.61 Å². The number of nitrogens with zero attached hydrogens (tertiary/aromatic N) is 1. The zero-order chi connectivity index (χ0) is 11.0. The van der Waals surface area contributed by atoms with Crippen LogP contribution in [0.4, 0.5) is 4.79 Å². The molecule has 2 amide bonds. The normalized spacial score (nSPS) is 9.57. The molecular formula is C7H14N2O5. The molecule has 0 aliphatic heterocycles. The number of carbonyl (C=O) groups excluding carboxylic acids is 1. The fourth-order valence-electron chi connectivity index (χ4n) is 0.748. The Labute approximate surface area is 81.2 Å². The van der Waals surface area contributed by atoms with Crippen LogP contribution in [0.2, 0.25) is 0 Å². The molecule has 7 heteroatoms. The Balaban J connectivity index is 3.74. The van der Waals surface area contributed by atoms with Gasteiger partial charge in [-0.15, -0.1) is 0 Å². The lowest BCUT2D eigenvalue weighted by Gasteiger charge is -2.19. The predicted molar refractivity (Wildman–Crippen MR) is 46.5 cm³/mol. The maximum Gasteiger partial charge on any atom is 0.341 e. The number of carboxylic acids is 1. The van der Waals surface area contributed by atoms with E-state index in [4.69, 9.17) is 10.2 Å². The van der Waals surface area contributed by atoms with Crippen molar-refractivity contribution < 1.29 is 24.6 Å². The number of hydroxylamine groups is 1. The highest BCUT2D eigenvalue weighted by Gasteiger charge is 2.10. The minimum Gasteiger partial charge on any atom is -0.479 e. The van der Waals surface area contributed by atoms with Crippen LogP contribution >= 0.6 is 0 Å². The number of hydrogen-bond donors (Lipinski definition) is 3. The summed E-state index contributed by atoms with van der Waals surface area (Å²) in [6, 6.07) is -0.567. The van der Waals surface area contributed by atoms with Gasteiger partial charge in [0.2, 0.25) is 0 Å². The highest BCUT2D eigenvalue weighted by molar-refractivity contribution is 5.73. The lowest BCUT2D eigenvalue weighted by atomic mass is 10.5. The van der Waals surface area contributed by atoms with Crippen LogP contribution in [0.5, 0.6) is 0 Å². The van der Waals surface area contributed by atoms with E-state index in [1.54, 1.807) is 6.92 Å². The van der Waals surface area contributed by atoms with Crippen LogP contribution in [0.1, 0.15) is 6.92 Å². The van der Waals surface area contributed by atoms with Gasteiger partial charge in [-0.2, -0.15) is 0 Å². The van der Waals surface area contributed by atoms with Gasteiger partial charge in [-0.25, -0.2) is 15.1 Å². The van der Waals surface area contributed by atoms with E-state index in [0.717, 1.165) is 0 Å². The van der Waals surface area contributed by atoms with Gasteiger partial charge < -0.3 is 15.1 Å². The molecule has 0 heterocycles. The van der Waals surface area contributed by atoms with E-state index in [1.807, 2.05) is 5.48 Å². The number of aliphatic hydroxyl groups is 1. The summed E-state index contributed by atoms with van der Waals surface area (Å²) in [6.45, 7) is 1.57. The van der Waals surface area contributed by atoms with Crippen molar-refractivity contribution in [1.29, 1.82) is 0 Å². The van der Waals surface area contributed by atoms with Crippen molar-refractivity contribution in [3.8, 4) is 0 Å². The summed E-state index contributed by atoms with van der Waals surface area (Å²) in [5.41, 5.74) is 1.94. The van der Waals surface area contributed by atoms with Gasteiger partial charge in [0.05, 0.1) is 6.61 Å². The standard InChI is InChI=1S/C7H14N2O5/c1-2-9(3-4-10)7(13)8-14-5-6(11)12/h10H,2-5H2,1H3,(H,8,13)(H,11,12). The van der Waals surface area contributed by atoms with Crippen molar-refractivity contribution in [3.05, 3.63) is 0 Å². The van der Waals surface area contributed by atoms with Crippen molar-refractivity contribution in [2.45, 2.75) is 6.92 Å². The molecule has 0 rings (SSSR count). The van der Waals surface area contributed by atoms with E-state index in [-0.39, 0.29) is 13.2 Å². The molecule has 0 aromatic rings. The van der Waals surface area contributed by atoms with Crippen LogP contribution < -0.4 is 5.48 Å². The van der Waals surface area contributed by atoms with E-state index < -0.39 is 18.6 Å². The highest BCUT2D eigenvalue weighted by Crippen LogP contribution is 1.87. The third-order valence-electron chi connectivity index (χ3n) is 1.39. The van der Waals surface area contributed by atoms with Crippen molar-refractivity contribution >= 4 is 12.0 Å². The van der Waals surface area contributed by atoms with Crippen LogP contribution in [-0.4, -0.2) is 53.4 Å². The van der Waals surface area contributed by atoms with Crippen LogP contribution in [0.3, 0.4) is 0 Å². The topological polar surface area (TPSA) is 99.1 Å². The summed E-state index contributed by atoms with van der Waals surface area (Å²) in [5, 5.41) is 16.8. The summed E-state index contributed by atoms with van der Waals surface area (Å²) in [4.78, 5) is 26.8. The molecule has 0 aliphatic rings. The number of rotatable bonds is 6. The van der Waals surface area contributed by atoms with E-state index >= 15 is 0 Å². The summed E-state index contributed by atoms with van der Waals surface area (Å²) in [7, 11) is 0. The molecule has 0 saturated carbocycles. The monoisotopic (exact) mass is 206 g/mol. The van der Waals surface area contributed by atoms with Gasteiger partial charge in [0.1, 0.15) is 0 Å². The van der Waals surface area contributed by atoms with Crippen molar-refractivity contribution in [3.63, 3.8) is 0 Å². The number of aliphatic carboxylic acids is 1. The molecule has 0 aliphatic carbocycles. The van der Waals surface area contributed by atoms with Crippen molar-refractivity contribution in [2.75, 3.05) is 26.3 Å². The molecule has 82 valence electrons. The second-order valence-electron chi connectivity index (χ2n) is 2.39. The number of likely N-dealkylation sites (N-methyl/N-ethyl adjacent to an activating group) is 1. The maximum absolute atomic E-state index is 11.1. The summed E-state index contributed by atoms with van der Waals surface area (Å²) < 4.78 is 0. The van der Waals surface area contributed by atoms with Gasteiger partial charge in [-0.3, -0.25) is 4.84 Å². The molecule has 0 atom stereocenters. The van der Waals surface area contributed by atoms with E-state index in [0.29, 0.717) is 6.54 Å². The largest absolute Gasteiger partial charge is 0.479 e. The molecule has 0 aromatic heterocycles. The van der Waals surface area contributed by atoms with Crippen molar-refractivity contribution in [1.82, 2.24) is 10.4 Å². The molecular weight excluding hydrogens is 192 g/mol. The molecule has 0 spiro atoms. The first-order chi connectivity index (χ1) is 6.61. The summed E-state index contributed by atoms with van der Waals surface area (Å²) in [5.74, 6) is -1.17. The molecule has 0 unspecified atom stereocenters. The van der Waals surface area contributed by atoms with Crippen LogP contribution in [0.15, 0.2) is 0 Å². The summed E-state index contributed by atoms with van der Waals surface area (Å²) in [6.07, 6.45) is 0. The van der Waals surface area contributed by atoms with Gasteiger partial charge in [0, 0.05) is 13.1 Å². The van der Waals surface area contributed by atoms with E-state index in [1.165, 1.54) is 4.90 Å². The second kappa shape index (κ2) is 7.10. The van der Waals surface area contributed by atoms with Gasteiger partial charge in [0.25, 0.3) is 0 Å². The predicted octanol–water partition coefficient (Wildman–Crippen LogP) is -0.974. The zero-order valence-corrected chi connectivity index (χ0v) is 7.89. The zero-order valence-electron chi connectivity index (χ0n) is 7.89. The SMILES string of the molecule is CCN(CCO)C(=O)NOCC(=O)O. The fourth-order valence-corrected chi connectivity index (χ4v) is 0.748. The number of urea groups is 1.